The number of piperidine rings is 1. The minimum atomic E-state index is -0.0667. The molecule has 1 aromatic heterocycles. The van der Waals surface area contributed by atoms with Crippen LogP contribution in [0.5, 0.6) is 0 Å². The topological polar surface area (TPSA) is 67.2 Å². The van der Waals surface area contributed by atoms with Crippen LogP contribution in [0.15, 0.2) is 30.3 Å². The third kappa shape index (κ3) is 4.43. The van der Waals surface area contributed by atoms with Crippen molar-refractivity contribution in [2.75, 3.05) is 13.1 Å². The Morgan fingerprint density at radius 2 is 1.79 bits per heavy atom. The SMILES string of the molecule is Cc1nn(Cc2ccccc2)c(C)c1C(=O)NC1CCN(C(=O)C(C)C)CC1. The average Bonchev–Trinajstić information content (AvgIpc) is 2.95. The summed E-state index contributed by atoms with van der Waals surface area (Å²) < 4.78 is 1.89. The maximum Gasteiger partial charge on any atom is 0.255 e. The fraction of sp³-hybridized carbons (Fsp3) is 0.500. The second kappa shape index (κ2) is 8.59. The lowest BCUT2D eigenvalue weighted by Crippen LogP contribution is -2.47. The van der Waals surface area contributed by atoms with Crippen molar-refractivity contribution < 1.29 is 9.59 Å². The second-order valence-corrected chi connectivity index (χ2v) is 7.92. The minimum Gasteiger partial charge on any atom is -0.349 e. The van der Waals surface area contributed by atoms with Gasteiger partial charge >= 0.3 is 0 Å². The van der Waals surface area contributed by atoms with Gasteiger partial charge < -0.3 is 10.2 Å². The van der Waals surface area contributed by atoms with E-state index in [0.29, 0.717) is 25.2 Å². The number of hydrogen-bond donors (Lipinski definition) is 1. The van der Waals surface area contributed by atoms with Crippen LogP contribution in [0.4, 0.5) is 0 Å². The normalized spacial score (nSPS) is 15.1. The van der Waals surface area contributed by atoms with Crippen LogP contribution in [-0.2, 0) is 11.3 Å². The van der Waals surface area contributed by atoms with Crippen molar-refractivity contribution in [3.05, 3.63) is 52.8 Å². The molecule has 1 fully saturated rings. The molecule has 1 aliphatic heterocycles. The second-order valence-electron chi connectivity index (χ2n) is 7.92. The molecule has 1 saturated heterocycles. The summed E-state index contributed by atoms with van der Waals surface area (Å²) >= 11 is 0. The third-order valence-corrected chi connectivity index (χ3v) is 5.42. The molecular weight excluding hydrogens is 352 g/mol. The zero-order chi connectivity index (χ0) is 20.3. The Morgan fingerprint density at radius 3 is 2.39 bits per heavy atom. The Balaban J connectivity index is 1.63. The highest BCUT2D eigenvalue weighted by Crippen LogP contribution is 2.18. The number of nitrogens with zero attached hydrogens (tertiary/aromatic N) is 3. The molecule has 0 atom stereocenters. The van der Waals surface area contributed by atoms with Crippen LogP contribution in [0.25, 0.3) is 0 Å². The maximum atomic E-state index is 12.9. The molecule has 150 valence electrons. The Morgan fingerprint density at radius 1 is 1.14 bits per heavy atom. The number of rotatable bonds is 5. The highest BCUT2D eigenvalue weighted by atomic mass is 16.2. The Hall–Kier alpha value is -2.63. The van der Waals surface area contributed by atoms with Gasteiger partial charge in [-0.3, -0.25) is 14.3 Å². The van der Waals surface area contributed by atoms with E-state index in [1.165, 1.54) is 0 Å². The number of amides is 2. The summed E-state index contributed by atoms with van der Waals surface area (Å²) in [7, 11) is 0. The van der Waals surface area contributed by atoms with E-state index < -0.39 is 0 Å². The van der Waals surface area contributed by atoms with Crippen molar-refractivity contribution in [2.24, 2.45) is 5.92 Å². The fourth-order valence-electron chi connectivity index (χ4n) is 3.80. The van der Waals surface area contributed by atoms with E-state index in [4.69, 9.17) is 0 Å². The first-order valence-electron chi connectivity index (χ1n) is 10.0. The first-order chi connectivity index (χ1) is 13.4. The van der Waals surface area contributed by atoms with Crippen molar-refractivity contribution in [1.82, 2.24) is 20.0 Å². The predicted octanol–water partition coefficient (Wildman–Crippen LogP) is 2.93. The standard InChI is InChI=1S/C22H30N4O2/c1-15(2)22(28)25-12-10-19(11-13-25)23-21(27)20-16(3)24-26(17(20)4)14-18-8-6-5-7-9-18/h5-9,15,19H,10-14H2,1-4H3,(H,23,27). The molecule has 0 saturated carbocycles. The van der Waals surface area contributed by atoms with Gasteiger partial charge in [0.1, 0.15) is 0 Å². The number of aromatic nitrogens is 2. The van der Waals surface area contributed by atoms with E-state index >= 15 is 0 Å². The number of likely N-dealkylation sites (tertiary alicyclic amines) is 1. The molecule has 2 heterocycles. The van der Waals surface area contributed by atoms with Gasteiger partial charge in [-0.25, -0.2) is 0 Å². The molecule has 6 heteroatoms. The highest BCUT2D eigenvalue weighted by Gasteiger charge is 2.27. The van der Waals surface area contributed by atoms with E-state index in [1.54, 1.807) is 0 Å². The number of aryl methyl sites for hydroxylation is 1. The Kier molecular flexibility index (Phi) is 6.17. The summed E-state index contributed by atoms with van der Waals surface area (Å²) in [5.41, 5.74) is 3.45. The fourth-order valence-corrected chi connectivity index (χ4v) is 3.80. The monoisotopic (exact) mass is 382 g/mol. The van der Waals surface area contributed by atoms with Gasteiger partial charge in [0.15, 0.2) is 0 Å². The molecule has 3 rings (SSSR count). The minimum absolute atomic E-state index is 0.0203. The van der Waals surface area contributed by atoms with Crippen LogP contribution in [0.2, 0.25) is 0 Å². The third-order valence-electron chi connectivity index (χ3n) is 5.42. The van der Waals surface area contributed by atoms with Gasteiger partial charge in [-0.2, -0.15) is 5.10 Å². The molecule has 2 aromatic rings. The van der Waals surface area contributed by atoms with Crippen LogP contribution in [-0.4, -0.2) is 45.6 Å². The van der Waals surface area contributed by atoms with Crippen molar-refractivity contribution in [2.45, 2.75) is 53.1 Å². The molecule has 0 unspecified atom stereocenters. The van der Waals surface area contributed by atoms with Gasteiger partial charge in [0.2, 0.25) is 5.91 Å². The molecular formula is C22H30N4O2. The first-order valence-corrected chi connectivity index (χ1v) is 10.0. The van der Waals surface area contributed by atoms with Crippen LogP contribution < -0.4 is 5.32 Å². The van der Waals surface area contributed by atoms with Gasteiger partial charge in [-0.1, -0.05) is 44.2 Å². The molecule has 1 aliphatic rings. The molecule has 6 nitrogen and oxygen atoms in total. The smallest absolute Gasteiger partial charge is 0.255 e. The van der Waals surface area contributed by atoms with Crippen LogP contribution in [0.1, 0.15) is 54.0 Å². The first kappa shape index (κ1) is 20.1. The molecule has 1 aromatic carbocycles. The Labute approximate surface area is 166 Å². The maximum absolute atomic E-state index is 12.9. The number of nitrogens with one attached hydrogen (secondary N) is 1. The summed E-state index contributed by atoms with van der Waals surface area (Å²) in [5.74, 6) is 0.147. The summed E-state index contributed by atoms with van der Waals surface area (Å²) in [5, 5.41) is 7.73. The summed E-state index contributed by atoms with van der Waals surface area (Å²) in [6.07, 6.45) is 1.58. The van der Waals surface area contributed by atoms with Gasteiger partial charge in [0.05, 0.1) is 17.8 Å². The van der Waals surface area contributed by atoms with E-state index in [9.17, 15) is 9.59 Å². The average molecular weight is 383 g/mol. The number of carbonyl (C=O) groups is 2. The van der Waals surface area contributed by atoms with Crippen molar-refractivity contribution in [1.29, 1.82) is 0 Å². The zero-order valence-electron chi connectivity index (χ0n) is 17.2. The van der Waals surface area contributed by atoms with E-state index in [-0.39, 0.29) is 23.8 Å². The van der Waals surface area contributed by atoms with Crippen LogP contribution in [0.3, 0.4) is 0 Å². The van der Waals surface area contributed by atoms with Crippen molar-refractivity contribution in [3.63, 3.8) is 0 Å². The van der Waals surface area contributed by atoms with Crippen molar-refractivity contribution >= 4 is 11.8 Å². The van der Waals surface area contributed by atoms with Crippen LogP contribution >= 0.6 is 0 Å². The lowest BCUT2D eigenvalue weighted by molar-refractivity contribution is -0.135. The van der Waals surface area contributed by atoms with Crippen LogP contribution in [0, 0.1) is 19.8 Å². The summed E-state index contributed by atoms with van der Waals surface area (Å²) in [4.78, 5) is 26.9. The van der Waals surface area contributed by atoms with E-state index in [2.05, 4.69) is 22.5 Å². The molecule has 0 spiro atoms. The Bertz CT molecular complexity index is 834. The molecule has 2 amide bonds. The predicted molar refractivity (Wildman–Crippen MR) is 109 cm³/mol. The molecule has 1 N–H and O–H groups in total. The lowest BCUT2D eigenvalue weighted by atomic mass is 10.0. The van der Waals surface area contributed by atoms with Gasteiger partial charge in [-0.05, 0) is 32.3 Å². The summed E-state index contributed by atoms with van der Waals surface area (Å²) in [6, 6.07) is 10.2. The largest absolute Gasteiger partial charge is 0.349 e. The molecule has 0 aliphatic carbocycles. The molecule has 0 bridgehead atoms. The van der Waals surface area contributed by atoms with Gasteiger partial charge in [0.25, 0.3) is 5.91 Å². The molecule has 28 heavy (non-hydrogen) atoms. The summed E-state index contributed by atoms with van der Waals surface area (Å²) in [6.45, 7) is 9.73. The van der Waals surface area contributed by atoms with Crippen molar-refractivity contribution in [3.8, 4) is 0 Å². The number of hydrogen-bond acceptors (Lipinski definition) is 3. The highest BCUT2D eigenvalue weighted by molar-refractivity contribution is 5.96. The number of carbonyl (C=O) groups excluding carboxylic acids is 2. The number of benzene rings is 1. The van der Waals surface area contributed by atoms with E-state index in [0.717, 1.165) is 29.8 Å². The molecule has 0 radical (unpaired) electrons. The quantitative estimate of drug-likeness (QED) is 0.865. The van der Waals surface area contributed by atoms with Gasteiger partial charge in [0, 0.05) is 30.7 Å². The van der Waals surface area contributed by atoms with E-state index in [1.807, 2.05) is 55.5 Å². The van der Waals surface area contributed by atoms with Gasteiger partial charge in [-0.15, -0.1) is 0 Å². The lowest BCUT2D eigenvalue weighted by Gasteiger charge is -2.33. The zero-order valence-corrected chi connectivity index (χ0v) is 17.2.